The molecule has 1 N–H and O–H groups in total. The molecule has 1 fully saturated rings. The highest BCUT2D eigenvalue weighted by molar-refractivity contribution is 7.22. The third-order valence-electron chi connectivity index (χ3n) is 6.00. The average Bonchev–Trinajstić information content (AvgIpc) is 3.45. The van der Waals surface area contributed by atoms with Crippen LogP contribution in [0.3, 0.4) is 0 Å². The van der Waals surface area contributed by atoms with Gasteiger partial charge >= 0.3 is 5.91 Å². The highest BCUT2D eigenvalue weighted by Gasteiger charge is 2.48. The van der Waals surface area contributed by atoms with Gasteiger partial charge in [-0.3, -0.25) is 24.6 Å². The van der Waals surface area contributed by atoms with Gasteiger partial charge < -0.3 is 14.6 Å². The molecule has 1 amide bonds. The monoisotopic (exact) mass is 517 g/mol. The Hall–Kier alpha value is -4.77. The van der Waals surface area contributed by atoms with Gasteiger partial charge in [-0.1, -0.05) is 23.5 Å². The minimum atomic E-state index is -1.15. The van der Waals surface area contributed by atoms with E-state index in [-0.39, 0.29) is 27.5 Å². The average molecular weight is 518 g/mol. The number of carbonyl (C=O) groups excluding carboxylic acids is 2. The summed E-state index contributed by atoms with van der Waals surface area (Å²) in [7, 11) is 3.03. The lowest BCUT2D eigenvalue weighted by Gasteiger charge is -2.22. The number of nitro groups is 1. The molecule has 186 valence electrons. The topological polar surface area (TPSA) is 132 Å². The Balaban J connectivity index is 1.72. The standard InChI is InChI=1S/C26H19N3O7S/c1-35-17-8-6-14(7-9-17)23(30)21-22(15-4-3-5-16(12-15)29(33)34)28(25(32)24(21)31)26-27-19-11-10-18(36-2)13-20(19)37-26/h3-13,22,30H,1-2H3. The SMILES string of the molecule is COc1ccc(C(O)=C2C(=O)C(=O)N(c3nc4ccc(OC)cc4s3)C2c2cccc([N+](=O)[O-])c2)cc1. The van der Waals surface area contributed by atoms with E-state index in [0.717, 1.165) is 11.3 Å². The summed E-state index contributed by atoms with van der Waals surface area (Å²) < 4.78 is 11.1. The van der Waals surface area contributed by atoms with Crippen molar-refractivity contribution in [1.82, 2.24) is 4.98 Å². The number of aliphatic hydroxyl groups is 1. The number of nitrogens with zero attached hydrogens (tertiary/aromatic N) is 3. The van der Waals surface area contributed by atoms with Crippen LogP contribution in [0.15, 0.2) is 72.3 Å². The van der Waals surface area contributed by atoms with Gasteiger partial charge in [0.05, 0.1) is 41.0 Å². The van der Waals surface area contributed by atoms with E-state index < -0.39 is 28.4 Å². The molecule has 3 aromatic carbocycles. The molecule has 1 aliphatic heterocycles. The van der Waals surface area contributed by atoms with Crippen LogP contribution in [0.1, 0.15) is 17.2 Å². The lowest BCUT2D eigenvalue weighted by atomic mass is 9.95. The summed E-state index contributed by atoms with van der Waals surface area (Å²) in [4.78, 5) is 43.3. The smallest absolute Gasteiger partial charge is 0.301 e. The number of ether oxygens (including phenoxy) is 2. The number of Topliss-reactive ketones (excluding diaryl/α,β-unsaturated/α-hetero) is 1. The number of hydrogen-bond donors (Lipinski definition) is 1. The van der Waals surface area contributed by atoms with Crippen molar-refractivity contribution in [3.63, 3.8) is 0 Å². The maximum Gasteiger partial charge on any atom is 0.301 e. The zero-order chi connectivity index (χ0) is 26.3. The number of non-ortho nitro benzene ring substituents is 1. The molecule has 0 radical (unpaired) electrons. The van der Waals surface area contributed by atoms with E-state index >= 15 is 0 Å². The number of benzene rings is 3. The fraction of sp³-hybridized carbons (Fsp3) is 0.115. The van der Waals surface area contributed by atoms with Crippen molar-refractivity contribution in [3.8, 4) is 11.5 Å². The van der Waals surface area contributed by atoms with E-state index in [9.17, 15) is 24.8 Å². The number of aliphatic hydroxyl groups excluding tert-OH is 1. The van der Waals surface area contributed by atoms with Crippen LogP contribution in [-0.4, -0.2) is 40.9 Å². The van der Waals surface area contributed by atoms with Gasteiger partial charge in [-0.2, -0.15) is 0 Å². The van der Waals surface area contributed by atoms with E-state index in [0.29, 0.717) is 21.7 Å². The summed E-state index contributed by atoms with van der Waals surface area (Å²) in [6, 6.07) is 16.0. The first-order valence-corrected chi connectivity index (χ1v) is 11.8. The highest BCUT2D eigenvalue weighted by Crippen LogP contribution is 2.45. The number of rotatable bonds is 6. The Morgan fingerprint density at radius 3 is 2.41 bits per heavy atom. The normalized spacial score (nSPS) is 16.8. The molecule has 1 saturated heterocycles. The maximum atomic E-state index is 13.4. The highest BCUT2D eigenvalue weighted by atomic mass is 32.1. The molecule has 0 spiro atoms. The van der Waals surface area contributed by atoms with Gasteiger partial charge in [-0.05, 0) is 48.0 Å². The molecular weight excluding hydrogens is 498 g/mol. The Morgan fingerprint density at radius 2 is 1.73 bits per heavy atom. The van der Waals surface area contributed by atoms with Crippen LogP contribution in [0.5, 0.6) is 11.5 Å². The lowest BCUT2D eigenvalue weighted by Crippen LogP contribution is -2.29. The second kappa shape index (κ2) is 9.36. The molecule has 2 heterocycles. The number of methoxy groups -OCH3 is 2. The fourth-order valence-electron chi connectivity index (χ4n) is 4.18. The van der Waals surface area contributed by atoms with Crippen LogP contribution < -0.4 is 14.4 Å². The first kappa shape index (κ1) is 23.9. The van der Waals surface area contributed by atoms with Gasteiger partial charge in [0.25, 0.3) is 11.5 Å². The molecule has 0 bridgehead atoms. The summed E-state index contributed by atoms with van der Waals surface area (Å²) >= 11 is 1.16. The summed E-state index contributed by atoms with van der Waals surface area (Å²) in [6.45, 7) is 0. The van der Waals surface area contributed by atoms with Gasteiger partial charge in [0.2, 0.25) is 0 Å². The minimum Gasteiger partial charge on any atom is -0.507 e. The molecule has 4 aromatic rings. The molecular formula is C26H19N3O7S. The third kappa shape index (κ3) is 4.15. The van der Waals surface area contributed by atoms with E-state index in [2.05, 4.69) is 4.98 Å². The number of ketones is 1. The number of fused-ring (bicyclic) bond motifs is 1. The van der Waals surface area contributed by atoms with Gasteiger partial charge in [0, 0.05) is 17.7 Å². The van der Waals surface area contributed by atoms with Crippen molar-refractivity contribution in [3.05, 3.63) is 93.5 Å². The van der Waals surface area contributed by atoms with Gasteiger partial charge in [0.1, 0.15) is 17.3 Å². The summed E-state index contributed by atoms with van der Waals surface area (Å²) in [6.07, 6.45) is 0. The zero-order valence-electron chi connectivity index (χ0n) is 19.6. The minimum absolute atomic E-state index is 0.201. The predicted molar refractivity (Wildman–Crippen MR) is 137 cm³/mol. The zero-order valence-corrected chi connectivity index (χ0v) is 20.4. The number of thiazole rings is 1. The molecule has 1 aromatic heterocycles. The Labute approximate surface area is 214 Å². The van der Waals surface area contributed by atoms with E-state index in [1.54, 1.807) is 48.5 Å². The van der Waals surface area contributed by atoms with Gasteiger partial charge in [0.15, 0.2) is 5.13 Å². The van der Waals surface area contributed by atoms with Crippen molar-refractivity contribution in [2.75, 3.05) is 19.1 Å². The molecule has 10 nitrogen and oxygen atoms in total. The van der Waals surface area contributed by atoms with Crippen molar-refractivity contribution >= 4 is 49.8 Å². The molecule has 0 saturated carbocycles. The number of amides is 1. The number of nitro benzene ring substituents is 1. The molecule has 37 heavy (non-hydrogen) atoms. The van der Waals surface area contributed by atoms with E-state index in [1.165, 1.54) is 37.3 Å². The first-order valence-electron chi connectivity index (χ1n) is 11.0. The Morgan fingerprint density at radius 1 is 1.03 bits per heavy atom. The van der Waals surface area contributed by atoms with Gasteiger partial charge in [-0.15, -0.1) is 0 Å². The van der Waals surface area contributed by atoms with Crippen molar-refractivity contribution in [2.24, 2.45) is 0 Å². The van der Waals surface area contributed by atoms with Crippen LogP contribution in [0.4, 0.5) is 10.8 Å². The second-order valence-electron chi connectivity index (χ2n) is 8.08. The van der Waals surface area contributed by atoms with Crippen LogP contribution in [-0.2, 0) is 9.59 Å². The molecule has 0 aliphatic carbocycles. The number of hydrogen-bond acceptors (Lipinski definition) is 9. The summed E-state index contributed by atoms with van der Waals surface area (Å²) in [5, 5.41) is 22.9. The maximum absolute atomic E-state index is 13.4. The molecule has 5 rings (SSSR count). The molecule has 1 atom stereocenters. The quantitative estimate of drug-likeness (QED) is 0.126. The number of anilines is 1. The van der Waals surface area contributed by atoms with Gasteiger partial charge in [-0.25, -0.2) is 4.98 Å². The fourth-order valence-corrected chi connectivity index (χ4v) is 5.20. The number of carbonyl (C=O) groups is 2. The molecule has 1 aliphatic rings. The van der Waals surface area contributed by atoms with Crippen molar-refractivity contribution < 1.29 is 29.1 Å². The number of aromatic nitrogens is 1. The Kier molecular flexibility index (Phi) is 6.06. The summed E-state index contributed by atoms with van der Waals surface area (Å²) in [5.41, 5.74) is 0.716. The third-order valence-corrected chi connectivity index (χ3v) is 7.01. The predicted octanol–water partition coefficient (Wildman–Crippen LogP) is 4.85. The van der Waals surface area contributed by atoms with E-state index in [1.807, 2.05) is 0 Å². The lowest BCUT2D eigenvalue weighted by molar-refractivity contribution is -0.384. The first-order chi connectivity index (χ1) is 17.8. The summed E-state index contributed by atoms with van der Waals surface area (Å²) in [5.74, 6) is -1.11. The largest absolute Gasteiger partial charge is 0.507 e. The van der Waals surface area contributed by atoms with Crippen LogP contribution in [0.25, 0.3) is 16.0 Å². The second-order valence-corrected chi connectivity index (χ2v) is 9.09. The Bertz CT molecular complexity index is 1590. The molecule has 11 heteroatoms. The molecule has 1 unspecified atom stereocenters. The van der Waals surface area contributed by atoms with E-state index in [4.69, 9.17) is 9.47 Å². The van der Waals surface area contributed by atoms with Crippen LogP contribution in [0.2, 0.25) is 0 Å². The van der Waals surface area contributed by atoms with Crippen molar-refractivity contribution in [2.45, 2.75) is 6.04 Å². The van der Waals surface area contributed by atoms with Crippen molar-refractivity contribution in [1.29, 1.82) is 0 Å². The van der Waals surface area contributed by atoms with Crippen LogP contribution in [0, 0.1) is 10.1 Å². The van der Waals surface area contributed by atoms with Crippen LogP contribution >= 0.6 is 11.3 Å².